The third-order valence-electron chi connectivity index (χ3n) is 3.27. The minimum Gasteiger partial charge on any atom is -0.375 e. The zero-order chi connectivity index (χ0) is 18.2. The summed E-state index contributed by atoms with van der Waals surface area (Å²) in [6, 6.07) is 0. The molecule has 0 saturated carbocycles. The lowest BCUT2D eigenvalue weighted by atomic mass is 10.1. The van der Waals surface area contributed by atoms with E-state index < -0.39 is 11.6 Å². The van der Waals surface area contributed by atoms with Gasteiger partial charge in [-0.05, 0) is 34.1 Å². The zero-order valence-electron chi connectivity index (χ0n) is 15.2. The molecule has 7 heteroatoms. The average Bonchev–Trinajstić information content (AvgIpc) is 3.02. The van der Waals surface area contributed by atoms with Crippen LogP contribution < -0.4 is 0 Å². The summed E-state index contributed by atoms with van der Waals surface area (Å²) in [5.74, 6) is -2.02. The Bertz CT molecular complexity index is 358. The second-order valence-corrected chi connectivity index (χ2v) is 6.76. The van der Waals surface area contributed by atoms with Crippen molar-refractivity contribution in [2.75, 3.05) is 33.0 Å². The predicted octanol–water partition coefficient (Wildman–Crippen LogP) is 1.22. The van der Waals surface area contributed by atoms with Crippen LogP contribution in [0.25, 0.3) is 0 Å². The molecule has 0 bridgehead atoms. The molecule has 0 radical (unpaired) electrons. The summed E-state index contributed by atoms with van der Waals surface area (Å²) in [6.45, 7) is 13.0. The van der Waals surface area contributed by atoms with E-state index in [4.69, 9.17) is 33.9 Å². The largest absolute Gasteiger partial charge is 0.375 e. The van der Waals surface area contributed by atoms with E-state index >= 15 is 0 Å². The Labute approximate surface area is 144 Å². The fourth-order valence-corrected chi connectivity index (χ4v) is 2.42. The average molecular weight is 348 g/mol. The standard InChI is InChI=1S/C14H24O5.C3H8O2/c1-4-6-15-8-9-16-11-5-7-17-13(11)12-10-18-14(2,3)19-12;1-3(2,4)5/h4,11-13H,1,5-10H2,2-3H3;4-5H,1-2H3/t11-,12-,13+;/m1./s1. The SMILES string of the molecule is C=CCOCCO[C@@H]1CCO[C@@H]1[C@H]1COC(C)(C)O1.CC(C)(O)O. The predicted molar refractivity (Wildman–Crippen MR) is 88.5 cm³/mol. The van der Waals surface area contributed by atoms with E-state index in [0.29, 0.717) is 33.0 Å². The van der Waals surface area contributed by atoms with Gasteiger partial charge in [-0.2, -0.15) is 0 Å². The van der Waals surface area contributed by atoms with Crippen molar-refractivity contribution in [3.05, 3.63) is 12.7 Å². The van der Waals surface area contributed by atoms with Gasteiger partial charge in [0.2, 0.25) is 0 Å². The van der Waals surface area contributed by atoms with Crippen molar-refractivity contribution in [3.63, 3.8) is 0 Å². The van der Waals surface area contributed by atoms with Crippen LogP contribution in [0.1, 0.15) is 34.1 Å². The van der Waals surface area contributed by atoms with E-state index in [9.17, 15) is 0 Å². The van der Waals surface area contributed by atoms with Gasteiger partial charge in [0, 0.05) is 6.61 Å². The molecule has 2 aliphatic heterocycles. The Hall–Kier alpha value is -0.540. The van der Waals surface area contributed by atoms with Crippen molar-refractivity contribution >= 4 is 0 Å². The van der Waals surface area contributed by atoms with Crippen molar-refractivity contribution in [3.8, 4) is 0 Å². The van der Waals surface area contributed by atoms with Crippen molar-refractivity contribution in [2.45, 2.75) is 64.0 Å². The van der Waals surface area contributed by atoms with Crippen LogP contribution in [0, 0.1) is 0 Å². The summed E-state index contributed by atoms with van der Waals surface area (Å²) in [7, 11) is 0. The summed E-state index contributed by atoms with van der Waals surface area (Å²) in [5.41, 5.74) is 0. The minimum atomic E-state index is -1.50. The van der Waals surface area contributed by atoms with Gasteiger partial charge < -0.3 is 33.9 Å². The van der Waals surface area contributed by atoms with Gasteiger partial charge in [0.05, 0.1) is 32.5 Å². The van der Waals surface area contributed by atoms with Crippen molar-refractivity contribution < 1.29 is 33.9 Å². The highest BCUT2D eigenvalue weighted by Crippen LogP contribution is 2.30. The van der Waals surface area contributed by atoms with Crippen LogP contribution in [0.2, 0.25) is 0 Å². The van der Waals surface area contributed by atoms with Crippen LogP contribution in [0.3, 0.4) is 0 Å². The summed E-state index contributed by atoms with van der Waals surface area (Å²) < 4.78 is 28.3. The summed E-state index contributed by atoms with van der Waals surface area (Å²) in [5, 5.41) is 16.2. The monoisotopic (exact) mass is 348 g/mol. The Balaban J connectivity index is 0.000000505. The molecule has 0 aromatic heterocycles. The van der Waals surface area contributed by atoms with E-state index in [0.717, 1.165) is 6.42 Å². The van der Waals surface area contributed by atoms with Crippen LogP contribution >= 0.6 is 0 Å². The molecule has 7 nitrogen and oxygen atoms in total. The first-order chi connectivity index (χ1) is 11.1. The normalized spacial score (nSPS) is 29.2. The molecular weight excluding hydrogens is 316 g/mol. The van der Waals surface area contributed by atoms with Gasteiger partial charge in [-0.25, -0.2) is 0 Å². The number of ether oxygens (including phenoxy) is 5. The van der Waals surface area contributed by atoms with E-state index in [-0.39, 0.29) is 18.3 Å². The topological polar surface area (TPSA) is 86.6 Å². The molecule has 0 aromatic carbocycles. The van der Waals surface area contributed by atoms with Crippen molar-refractivity contribution in [1.29, 1.82) is 0 Å². The van der Waals surface area contributed by atoms with Crippen LogP contribution in [0.4, 0.5) is 0 Å². The molecule has 0 unspecified atom stereocenters. The molecule has 0 aliphatic carbocycles. The number of hydrogen-bond acceptors (Lipinski definition) is 7. The lowest BCUT2D eigenvalue weighted by molar-refractivity contribution is -0.161. The van der Waals surface area contributed by atoms with Gasteiger partial charge >= 0.3 is 0 Å². The molecule has 24 heavy (non-hydrogen) atoms. The van der Waals surface area contributed by atoms with Crippen molar-refractivity contribution in [2.24, 2.45) is 0 Å². The van der Waals surface area contributed by atoms with Gasteiger partial charge in [-0.1, -0.05) is 6.08 Å². The number of rotatable bonds is 7. The number of aliphatic hydroxyl groups is 2. The second kappa shape index (κ2) is 9.82. The molecule has 2 heterocycles. The highest BCUT2D eigenvalue weighted by atomic mass is 16.8. The molecule has 2 saturated heterocycles. The van der Waals surface area contributed by atoms with Gasteiger partial charge in [-0.3, -0.25) is 0 Å². The lowest BCUT2D eigenvalue weighted by Crippen LogP contribution is -2.39. The highest BCUT2D eigenvalue weighted by Gasteiger charge is 2.43. The van der Waals surface area contributed by atoms with E-state index in [1.54, 1.807) is 6.08 Å². The molecule has 2 N–H and O–H groups in total. The molecule has 2 fully saturated rings. The Morgan fingerprint density at radius 2 is 1.96 bits per heavy atom. The zero-order valence-corrected chi connectivity index (χ0v) is 15.2. The minimum absolute atomic E-state index is 0.0406. The fraction of sp³-hybridized carbons (Fsp3) is 0.882. The van der Waals surface area contributed by atoms with E-state index in [2.05, 4.69) is 6.58 Å². The summed E-state index contributed by atoms with van der Waals surface area (Å²) in [6.07, 6.45) is 2.60. The highest BCUT2D eigenvalue weighted by molar-refractivity contribution is 4.88. The first-order valence-electron chi connectivity index (χ1n) is 8.31. The fourth-order valence-electron chi connectivity index (χ4n) is 2.42. The molecule has 142 valence electrons. The summed E-state index contributed by atoms with van der Waals surface area (Å²) in [4.78, 5) is 0. The van der Waals surface area contributed by atoms with Crippen LogP contribution in [-0.4, -0.2) is 73.1 Å². The van der Waals surface area contributed by atoms with Gasteiger partial charge in [0.25, 0.3) is 0 Å². The third kappa shape index (κ3) is 9.08. The maximum Gasteiger partial charge on any atom is 0.163 e. The molecule has 0 amide bonds. The van der Waals surface area contributed by atoms with Gasteiger partial charge in [0.1, 0.15) is 12.2 Å². The van der Waals surface area contributed by atoms with Gasteiger partial charge in [-0.15, -0.1) is 6.58 Å². The smallest absolute Gasteiger partial charge is 0.163 e. The Morgan fingerprint density at radius 1 is 1.29 bits per heavy atom. The third-order valence-corrected chi connectivity index (χ3v) is 3.27. The number of hydrogen-bond donors (Lipinski definition) is 2. The molecule has 0 aromatic rings. The molecular formula is C17H32O7. The van der Waals surface area contributed by atoms with Crippen LogP contribution in [-0.2, 0) is 23.7 Å². The Morgan fingerprint density at radius 3 is 2.50 bits per heavy atom. The molecule has 3 atom stereocenters. The molecule has 2 aliphatic rings. The van der Waals surface area contributed by atoms with Crippen LogP contribution in [0.15, 0.2) is 12.7 Å². The van der Waals surface area contributed by atoms with E-state index in [1.807, 2.05) is 13.8 Å². The first-order valence-corrected chi connectivity index (χ1v) is 8.31. The van der Waals surface area contributed by atoms with E-state index in [1.165, 1.54) is 13.8 Å². The first kappa shape index (κ1) is 21.5. The quantitative estimate of drug-likeness (QED) is 0.406. The lowest BCUT2D eigenvalue weighted by Gasteiger charge is -2.25. The van der Waals surface area contributed by atoms with Crippen LogP contribution in [0.5, 0.6) is 0 Å². The molecule has 2 rings (SSSR count). The summed E-state index contributed by atoms with van der Waals surface area (Å²) >= 11 is 0. The Kier molecular flexibility index (Phi) is 8.80. The molecule has 0 spiro atoms. The maximum absolute atomic E-state index is 8.08. The van der Waals surface area contributed by atoms with Crippen molar-refractivity contribution in [1.82, 2.24) is 0 Å². The van der Waals surface area contributed by atoms with Gasteiger partial charge in [0.15, 0.2) is 11.6 Å². The second-order valence-electron chi connectivity index (χ2n) is 6.76. The maximum atomic E-state index is 8.08.